The fourth-order valence-electron chi connectivity index (χ4n) is 9.45. The molecule has 11 heteroatoms. The Morgan fingerprint density at radius 1 is 0.672 bits per heavy atom. The molecule has 2 N–H and O–H groups in total. The number of hydrogen-bond acceptors (Lipinski definition) is 7. The molecule has 3 aromatic heterocycles. The monoisotopic (exact) mass is 814 g/mol. The van der Waals surface area contributed by atoms with E-state index in [9.17, 15) is 9.59 Å². The highest BCUT2D eigenvalue weighted by Crippen LogP contribution is 2.38. The zero-order valence-electron chi connectivity index (χ0n) is 35.4. The van der Waals surface area contributed by atoms with Gasteiger partial charge in [-0.2, -0.15) is 0 Å². The minimum atomic E-state index is -0.352. The predicted molar refractivity (Wildman–Crippen MR) is 239 cm³/mol. The fraction of sp³-hybridized carbons (Fsp3) is 0.320. The maximum absolute atomic E-state index is 14.3. The Hall–Kier alpha value is -6.30. The first kappa shape index (κ1) is 40.1. The molecule has 312 valence electrons. The highest BCUT2D eigenvalue weighted by molar-refractivity contribution is 5.87. The van der Waals surface area contributed by atoms with Crippen molar-refractivity contribution in [3.05, 3.63) is 144 Å². The summed E-state index contributed by atoms with van der Waals surface area (Å²) >= 11 is 0. The number of imidazole rings is 2. The molecule has 2 aliphatic heterocycles. The lowest BCUT2D eigenvalue weighted by Gasteiger charge is -2.34. The van der Waals surface area contributed by atoms with E-state index in [1.54, 1.807) is 0 Å². The van der Waals surface area contributed by atoms with Gasteiger partial charge in [-0.25, -0.2) is 9.97 Å². The minimum Gasteiger partial charge on any atom is -0.456 e. The maximum atomic E-state index is 14.3. The van der Waals surface area contributed by atoms with Crippen LogP contribution in [0, 0.1) is 0 Å². The van der Waals surface area contributed by atoms with E-state index in [0.717, 1.165) is 106 Å². The molecule has 9 rings (SSSR count). The number of benzene rings is 4. The molecule has 61 heavy (non-hydrogen) atoms. The van der Waals surface area contributed by atoms with Crippen molar-refractivity contribution in [1.82, 2.24) is 39.5 Å². The molecule has 0 bridgehead atoms. The number of hydrogen-bond donors (Lipinski definition) is 2. The van der Waals surface area contributed by atoms with Crippen LogP contribution in [0.4, 0.5) is 0 Å². The Morgan fingerprint density at radius 2 is 1.18 bits per heavy atom. The molecular weight excluding hydrogens is 761 g/mol. The van der Waals surface area contributed by atoms with E-state index in [1.807, 2.05) is 95.8 Å². The van der Waals surface area contributed by atoms with Gasteiger partial charge in [0.15, 0.2) is 0 Å². The van der Waals surface area contributed by atoms with Gasteiger partial charge in [-0.15, -0.1) is 0 Å². The Bertz CT molecular complexity index is 2590. The molecule has 5 heterocycles. The van der Waals surface area contributed by atoms with Gasteiger partial charge >= 0.3 is 0 Å². The Kier molecular flexibility index (Phi) is 11.4. The second-order valence-corrected chi connectivity index (χ2v) is 16.5. The number of nitrogens with one attached hydrogen (secondary N) is 2. The molecule has 0 radical (unpaired) electrons. The predicted octanol–water partition coefficient (Wildman–Crippen LogP) is 9.59. The van der Waals surface area contributed by atoms with Gasteiger partial charge < -0.3 is 24.2 Å². The largest absolute Gasteiger partial charge is 0.456 e. The number of rotatable bonds is 13. The lowest BCUT2D eigenvalue weighted by atomic mass is 10.0. The van der Waals surface area contributed by atoms with Crippen LogP contribution < -0.4 is 0 Å². The van der Waals surface area contributed by atoms with E-state index in [2.05, 4.69) is 83.3 Å². The standard InChI is InChI=1S/C50H54N8O3/c1-5-56(6-2)46(36-17-11-8-12-18-36)50(60)58-28-14-20-42(58)48-52-32-40(54-48)37-25-26-43-38(29-37)30-44(61-43)34-23-21-33(22-24-34)39-31-51-47(53-39)41-19-13-27-57(41)49(59)45(55(3)4)35-15-9-7-10-16-35/h7-12,15-18,21-26,29-32,41-42,45-46H,5-6,13-14,19-20,27-28H2,1-4H3,(H,51,53)(H,52,54)/t41-,42-,45+,46+/m0/s1. The molecule has 7 aromatic rings. The van der Waals surface area contributed by atoms with Gasteiger partial charge in [0.25, 0.3) is 0 Å². The number of fused-ring (bicyclic) bond motifs is 1. The molecule has 4 aromatic carbocycles. The summed E-state index contributed by atoms with van der Waals surface area (Å²) < 4.78 is 6.35. The van der Waals surface area contributed by atoms with Gasteiger partial charge in [-0.05, 0) is 93.8 Å². The second kappa shape index (κ2) is 17.4. The van der Waals surface area contributed by atoms with Crippen molar-refractivity contribution in [3.8, 4) is 33.8 Å². The Balaban J connectivity index is 0.890. The molecule has 4 atom stereocenters. The summed E-state index contributed by atoms with van der Waals surface area (Å²) in [5, 5.41) is 0.993. The molecular formula is C50H54N8O3. The van der Waals surface area contributed by atoms with Gasteiger partial charge in [0.2, 0.25) is 11.8 Å². The fourth-order valence-corrected chi connectivity index (χ4v) is 9.45. The van der Waals surface area contributed by atoms with E-state index < -0.39 is 0 Å². The van der Waals surface area contributed by atoms with Crippen molar-refractivity contribution in [1.29, 1.82) is 0 Å². The molecule has 2 aliphatic rings. The van der Waals surface area contributed by atoms with Gasteiger partial charge in [-0.3, -0.25) is 19.4 Å². The van der Waals surface area contributed by atoms with Crippen LogP contribution >= 0.6 is 0 Å². The quantitative estimate of drug-likeness (QED) is 0.119. The highest BCUT2D eigenvalue weighted by Gasteiger charge is 2.39. The van der Waals surface area contributed by atoms with Gasteiger partial charge in [0.05, 0.1) is 35.9 Å². The first-order valence-electron chi connectivity index (χ1n) is 21.7. The number of carbonyl (C=O) groups excluding carboxylic acids is 2. The van der Waals surface area contributed by atoms with E-state index in [4.69, 9.17) is 14.4 Å². The van der Waals surface area contributed by atoms with Crippen LogP contribution in [-0.4, -0.2) is 91.6 Å². The third kappa shape index (κ3) is 7.91. The average molecular weight is 815 g/mol. The molecule has 11 nitrogen and oxygen atoms in total. The zero-order valence-corrected chi connectivity index (χ0v) is 35.4. The first-order chi connectivity index (χ1) is 29.8. The molecule has 0 spiro atoms. The summed E-state index contributed by atoms with van der Waals surface area (Å²) in [6.45, 7) is 7.24. The third-order valence-corrected chi connectivity index (χ3v) is 12.6. The summed E-state index contributed by atoms with van der Waals surface area (Å²) in [5.74, 6) is 2.64. The van der Waals surface area contributed by atoms with Crippen LogP contribution in [0.3, 0.4) is 0 Å². The van der Waals surface area contributed by atoms with Crippen LogP contribution in [0.15, 0.2) is 126 Å². The van der Waals surface area contributed by atoms with E-state index in [1.165, 1.54) is 0 Å². The van der Waals surface area contributed by atoms with Crippen molar-refractivity contribution in [2.75, 3.05) is 40.3 Å². The minimum absolute atomic E-state index is 0.0979. The number of aromatic nitrogens is 4. The number of amides is 2. The number of likely N-dealkylation sites (tertiary alicyclic amines) is 2. The molecule has 2 amide bonds. The van der Waals surface area contributed by atoms with Crippen molar-refractivity contribution in [2.45, 2.75) is 63.7 Å². The van der Waals surface area contributed by atoms with Gasteiger partial charge in [-0.1, -0.05) is 98.8 Å². The highest BCUT2D eigenvalue weighted by atomic mass is 16.3. The van der Waals surface area contributed by atoms with E-state index in [-0.39, 0.29) is 36.0 Å². The second-order valence-electron chi connectivity index (χ2n) is 16.5. The normalized spacial score (nSPS) is 17.8. The van der Waals surface area contributed by atoms with Crippen LogP contribution in [0.25, 0.3) is 44.8 Å². The van der Waals surface area contributed by atoms with Crippen LogP contribution in [0.5, 0.6) is 0 Å². The molecule has 0 unspecified atom stereocenters. The summed E-state index contributed by atoms with van der Waals surface area (Å²) in [5.41, 5.74) is 7.62. The van der Waals surface area contributed by atoms with Gasteiger partial charge in [0.1, 0.15) is 35.1 Å². The van der Waals surface area contributed by atoms with Crippen LogP contribution in [-0.2, 0) is 9.59 Å². The van der Waals surface area contributed by atoms with Crippen LogP contribution in [0.1, 0.15) is 86.5 Å². The number of nitrogens with zero attached hydrogens (tertiary/aromatic N) is 6. The van der Waals surface area contributed by atoms with Crippen molar-refractivity contribution < 1.29 is 14.0 Å². The lowest BCUT2D eigenvalue weighted by molar-refractivity contribution is -0.138. The summed E-state index contributed by atoms with van der Waals surface area (Å²) in [6.07, 6.45) is 7.36. The number of carbonyl (C=O) groups is 2. The zero-order chi connectivity index (χ0) is 42.0. The van der Waals surface area contributed by atoms with Gasteiger partial charge in [0, 0.05) is 29.6 Å². The Morgan fingerprint density at radius 3 is 1.74 bits per heavy atom. The maximum Gasteiger partial charge on any atom is 0.245 e. The van der Waals surface area contributed by atoms with Crippen molar-refractivity contribution in [2.24, 2.45) is 0 Å². The average Bonchev–Trinajstić information content (AvgIpc) is 4.15. The number of likely N-dealkylation sites (N-methyl/N-ethyl adjacent to an activating group) is 2. The molecule has 0 saturated carbocycles. The molecule has 0 aliphatic carbocycles. The number of H-pyrrole nitrogens is 2. The Labute approximate surface area is 357 Å². The number of aromatic amines is 2. The summed E-state index contributed by atoms with van der Waals surface area (Å²) in [7, 11) is 3.92. The first-order valence-corrected chi connectivity index (χ1v) is 21.7. The van der Waals surface area contributed by atoms with E-state index in [0.29, 0.717) is 13.1 Å². The van der Waals surface area contributed by atoms with Crippen molar-refractivity contribution in [3.63, 3.8) is 0 Å². The summed E-state index contributed by atoms with van der Waals surface area (Å²) in [6, 6.07) is 35.8. The van der Waals surface area contributed by atoms with Crippen LogP contribution in [0.2, 0.25) is 0 Å². The smallest absolute Gasteiger partial charge is 0.245 e. The SMILES string of the molecule is CCN(CC)[C@@H](C(=O)N1CCC[C@H]1c1ncc(-c2ccc3oc(-c4ccc(-c5cnc([C@@H]6CCCN6C(=O)[C@@H](c6ccccc6)N(C)C)[nH]5)cc4)cc3c2)[nH]1)c1ccccc1. The van der Waals surface area contributed by atoms with Crippen molar-refractivity contribution >= 4 is 22.8 Å². The number of furan rings is 1. The molecule has 2 saturated heterocycles. The molecule has 2 fully saturated rings. The third-order valence-electron chi connectivity index (χ3n) is 12.6. The lowest BCUT2D eigenvalue weighted by Crippen LogP contribution is -2.43. The topological polar surface area (TPSA) is 118 Å². The van der Waals surface area contributed by atoms with E-state index >= 15 is 0 Å². The summed E-state index contributed by atoms with van der Waals surface area (Å²) in [4.78, 5) is 53.2.